The van der Waals surface area contributed by atoms with E-state index < -0.39 is 11.5 Å². The minimum atomic E-state index is -0.681. The number of rotatable bonds is 3. The van der Waals surface area contributed by atoms with Gasteiger partial charge in [0.15, 0.2) is 5.58 Å². The highest BCUT2D eigenvalue weighted by atomic mass is 79.9. The molecule has 0 radical (unpaired) electrons. The summed E-state index contributed by atoms with van der Waals surface area (Å²) >= 11 is 12.5. The average Bonchev–Trinajstić information content (AvgIpc) is 2.54. The summed E-state index contributed by atoms with van der Waals surface area (Å²) in [6, 6.07) is 12.2. The van der Waals surface area contributed by atoms with Gasteiger partial charge in [-0.15, -0.1) is 0 Å². The Morgan fingerprint density at radius 2 is 1.83 bits per heavy atom. The van der Waals surface area contributed by atoms with Gasteiger partial charge in [0, 0.05) is 21.4 Å². The quantitative estimate of drug-likeness (QED) is 0.553. The van der Waals surface area contributed by atoms with Crippen LogP contribution in [-0.4, -0.2) is 5.91 Å². The van der Waals surface area contributed by atoms with Crippen LogP contribution in [0, 0.1) is 0 Å². The maximum Gasteiger partial charge on any atom is 0.349 e. The number of fused-ring (bicyclic) bond motifs is 1. The molecule has 7 heteroatoms. The topological polar surface area (TPSA) is 59.3 Å². The molecule has 4 nitrogen and oxygen atoms in total. The van der Waals surface area contributed by atoms with Crippen LogP contribution < -0.4 is 10.9 Å². The van der Waals surface area contributed by atoms with Crippen LogP contribution in [-0.2, 0) is 6.54 Å². The summed E-state index contributed by atoms with van der Waals surface area (Å²) < 4.78 is 6.71. The van der Waals surface area contributed by atoms with E-state index in [2.05, 4.69) is 37.2 Å². The maximum absolute atomic E-state index is 12.3. The molecule has 0 aliphatic carbocycles. The van der Waals surface area contributed by atoms with Gasteiger partial charge < -0.3 is 9.73 Å². The number of hydrogen-bond donors (Lipinski definition) is 1. The van der Waals surface area contributed by atoms with Gasteiger partial charge in [0.25, 0.3) is 5.91 Å². The molecule has 0 bridgehead atoms. The second kappa shape index (κ2) is 7.09. The fourth-order valence-electron chi connectivity index (χ4n) is 2.20. The van der Waals surface area contributed by atoms with Crippen molar-refractivity contribution in [3.8, 4) is 0 Å². The van der Waals surface area contributed by atoms with Crippen molar-refractivity contribution in [3.63, 3.8) is 0 Å². The highest BCUT2D eigenvalue weighted by molar-refractivity contribution is 9.11. The number of hydrogen-bond acceptors (Lipinski definition) is 3. The standard InChI is InChI=1S/C17H10Br2ClNO3/c18-11-5-10-6-13(17(23)24-15(10)14(19)7-11)16(22)21-8-9-1-3-12(20)4-2-9/h1-7H,8H2,(H,21,22). The van der Waals surface area contributed by atoms with E-state index in [9.17, 15) is 9.59 Å². The van der Waals surface area contributed by atoms with E-state index in [1.54, 1.807) is 36.4 Å². The van der Waals surface area contributed by atoms with E-state index in [-0.39, 0.29) is 12.1 Å². The summed E-state index contributed by atoms with van der Waals surface area (Å²) in [5.74, 6) is -0.489. The third-order valence-corrected chi connectivity index (χ3v) is 4.66. The van der Waals surface area contributed by atoms with Gasteiger partial charge in [0.05, 0.1) is 4.47 Å². The molecule has 0 saturated carbocycles. The Morgan fingerprint density at radius 3 is 2.54 bits per heavy atom. The van der Waals surface area contributed by atoms with Gasteiger partial charge in [-0.3, -0.25) is 4.79 Å². The highest BCUT2D eigenvalue weighted by Gasteiger charge is 2.15. The lowest BCUT2D eigenvalue weighted by Gasteiger charge is -2.06. The molecule has 2 aromatic carbocycles. The molecule has 0 atom stereocenters. The first-order valence-corrected chi connectivity index (χ1v) is 8.86. The molecule has 0 unspecified atom stereocenters. The smallest absolute Gasteiger partial charge is 0.349 e. The van der Waals surface area contributed by atoms with Crippen LogP contribution in [0.15, 0.2) is 60.6 Å². The van der Waals surface area contributed by atoms with Gasteiger partial charge in [-0.25, -0.2) is 4.79 Å². The summed E-state index contributed by atoms with van der Waals surface area (Å²) in [6.45, 7) is 0.287. The van der Waals surface area contributed by atoms with E-state index >= 15 is 0 Å². The summed E-state index contributed by atoms with van der Waals surface area (Å²) in [4.78, 5) is 24.4. The molecule has 3 aromatic rings. The summed E-state index contributed by atoms with van der Waals surface area (Å²) in [5.41, 5.74) is 0.557. The van der Waals surface area contributed by atoms with Crippen molar-refractivity contribution in [1.82, 2.24) is 5.32 Å². The van der Waals surface area contributed by atoms with Crippen LogP contribution in [0.3, 0.4) is 0 Å². The average molecular weight is 472 g/mol. The molecular formula is C17H10Br2ClNO3. The molecule has 1 aromatic heterocycles. The van der Waals surface area contributed by atoms with Gasteiger partial charge in [-0.1, -0.05) is 39.7 Å². The maximum atomic E-state index is 12.3. The van der Waals surface area contributed by atoms with Gasteiger partial charge in [0.2, 0.25) is 0 Å². The van der Waals surface area contributed by atoms with Crippen molar-refractivity contribution in [2.75, 3.05) is 0 Å². The Bertz CT molecular complexity index is 984. The van der Waals surface area contributed by atoms with Crippen molar-refractivity contribution >= 4 is 60.3 Å². The summed E-state index contributed by atoms with van der Waals surface area (Å²) in [6.07, 6.45) is 0. The van der Waals surface area contributed by atoms with Crippen LogP contribution in [0.2, 0.25) is 5.02 Å². The molecule has 0 spiro atoms. The SMILES string of the molecule is O=C(NCc1ccc(Cl)cc1)c1cc2cc(Br)cc(Br)c2oc1=O. The van der Waals surface area contributed by atoms with Gasteiger partial charge in [0.1, 0.15) is 5.56 Å². The zero-order valence-electron chi connectivity index (χ0n) is 12.1. The normalized spacial score (nSPS) is 10.8. The van der Waals surface area contributed by atoms with E-state index in [1.807, 2.05) is 0 Å². The number of benzene rings is 2. The number of nitrogens with one attached hydrogen (secondary N) is 1. The van der Waals surface area contributed by atoms with Gasteiger partial charge in [-0.2, -0.15) is 0 Å². The molecule has 1 amide bonds. The Morgan fingerprint density at radius 1 is 1.12 bits per heavy atom. The minimum absolute atomic E-state index is 0.0403. The fourth-order valence-corrected chi connectivity index (χ4v) is 3.66. The first-order valence-electron chi connectivity index (χ1n) is 6.89. The van der Waals surface area contributed by atoms with Crippen molar-refractivity contribution in [3.05, 3.63) is 78.0 Å². The molecule has 0 aliphatic heterocycles. The zero-order valence-corrected chi connectivity index (χ0v) is 16.0. The highest BCUT2D eigenvalue weighted by Crippen LogP contribution is 2.28. The lowest BCUT2D eigenvalue weighted by atomic mass is 10.1. The monoisotopic (exact) mass is 469 g/mol. The molecular weight excluding hydrogens is 461 g/mol. The van der Waals surface area contributed by atoms with Crippen LogP contribution in [0.5, 0.6) is 0 Å². The van der Waals surface area contributed by atoms with E-state index in [0.29, 0.717) is 20.5 Å². The zero-order chi connectivity index (χ0) is 17.3. The second-order valence-corrected chi connectivity index (χ2v) is 7.27. The first-order chi connectivity index (χ1) is 11.4. The predicted molar refractivity (Wildman–Crippen MR) is 101 cm³/mol. The number of halogens is 3. The number of amides is 1. The van der Waals surface area contributed by atoms with Crippen LogP contribution >= 0.6 is 43.5 Å². The fraction of sp³-hybridized carbons (Fsp3) is 0.0588. The van der Waals surface area contributed by atoms with E-state index in [4.69, 9.17) is 16.0 Å². The van der Waals surface area contributed by atoms with Crippen molar-refractivity contribution in [1.29, 1.82) is 0 Å². The number of carbonyl (C=O) groups excluding carboxylic acids is 1. The lowest BCUT2D eigenvalue weighted by Crippen LogP contribution is -2.27. The molecule has 24 heavy (non-hydrogen) atoms. The third kappa shape index (κ3) is 3.71. The Balaban J connectivity index is 1.88. The molecule has 0 saturated heterocycles. The first kappa shape index (κ1) is 17.2. The van der Waals surface area contributed by atoms with Crippen LogP contribution in [0.25, 0.3) is 11.0 Å². The summed E-state index contributed by atoms with van der Waals surface area (Å²) in [5, 5.41) is 3.97. The molecule has 1 heterocycles. The van der Waals surface area contributed by atoms with Crippen LogP contribution in [0.1, 0.15) is 15.9 Å². The molecule has 1 N–H and O–H groups in total. The predicted octanol–water partition coefficient (Wildman–Crippen LogP) is 4.90. The Hall–Kier alpha value is -1.63. The van der Waals surface area contributed by atoms with Crippen molar-refractivity contribution < 1.29 is 9.21 Å². The van der Waals surface area contributed by atoms with E-state index in [1.165, 1.54) is 6.07 Å². The minimum Gasteiger partial charge on any atom is -0.421 e. The van der Waals surface area contributed by atoms with Crippen molar-refractivity contribution in [2.45, 2.75) is 6.54 Å². The van der Waals surface area contributed by atoms with E-state index in [0.717, 1.165) is 10.0 Å². The van der Waals surface area contributed by atoms with Crippen LogP contribution in [0.4, 0.5) is 0 Å². The van der Waals surface area contributed by atoms with Gasteiger partial charge in [-0.05, 0) is 51.8 Å². The largest absolute Gasteiger partial charge is 0.421 e. The second-order valence-electron chi connectivity index (χ2n) is 5.06. The number of carbonyl (C=O) groups is 1. The summed E-state index contributed by atoms with van der Waals surface area (Å²) in [7, 11) is 0. The lowest BCUT2D eigenvalue weighted by molar-refractivity contribution is 0.0947. The van der Waals surface area contributed by atoms with Gasteiger partial charge >= 0.3 is 5.63 Å². The third-order valence-electron chi connectivity index (χ3n) is 3.36. The molecule has 3 rings (SSSR count). The molecule has 122 valence electrons. The Labute approximate surface area is 159 Å². The molecule has 0 fully saturated rings. The van der Waals surface area contributed by atoms with Crippen molar-refractivity contribution in [2.24, 2.45) is 0 Å². The Kier molecular flexibility index (Phi) is 5.08. The molecule has 0 aliphatic rings.